The van der Waals surface area contributed by atoms with Crippen molar-refractivity contribution in [2.45, 2.75) is 13.2 Å². The van der Waals surface area contributed by atoms with Crippen LogP contribution in [-0.2, 0) is 17.9 Å². The number of halogens is 3. The Bertz CT molecular complexity index is 583. The third-order valence-corrected chi connectivity index (χ3v) is 4.14. The number of fused-ring (bicyclic) bond motifs is 1. The lowest BCUT2D eigenvalue weighted by atomic mass is 10.1. The zero-order valence-electron chi connectivity index (χ0n) is 9.94. The molecule has 0 aliphatic heterocycles. The van der Waals surface area contributed by atoms with Gasteiger partial charge in [0.15, 0.2) is 5.58 Å². The molecule has 1 aromatic heterocycles. The minimum Gasteiger partial charge on any atom is -0.458 e. The van der Waals surface area contributed by atoms with Crippen LogP contribution < -0.4 is 5.32 Å². The van der Waals surface area contributed by atoms with Crippen molar-refractivity contribution in [3.63, 3.8) is 0 Å². The molecule has 1 N–H and O–H groups in total. The van der Waals surface area contributed by atoms with Gasteiger partial charge in [0.25, 0.3) is 0 Å². The van der Waals surface area contributed by atoms with E-state index in [1.807, 2.05) is 7.05 Å². The fourth-order valence-electron chi connectivity index (χ4n) is 1.87. The molecule has 0 atom stereocenters. The number of nitrogens with one attached hydrogen (secondary N) is 1. The zero-order chi connectivity index (χ0) is 13.3. The van der Waals surface area contributed by atoms with Crippen LogP contribution in [0.15, 0.2) is 15.0 Å². The largest absolute Gasteiger partial charge is 0.458 e. The highest BCUT2D eigenvalue weighted by molar-refractivity contribution is 9.10. The Morgan fingerprint density at radius 2 is 2.17 bits per heavy atom. The predicted molar refractivity (Wildman–Crippen MR) is 77.4 cm³/mol. The van der Waals surface area contributed by atoms with E-state index in [0.717, 1.165) is 21.2 Å². The Morgan fingerprint density at radius 3 is 2.78 bits per heavy atom. The van der Waals surface area contributed by atoms with Gasteiger partial charge in [-0.25, -0.2) is 0 Å². The summed E-state index contributed by atoms with van der Waals surface area (Å²) in [5, 5.41) is 4.98. The lowest BCUT2D eigenvalue weighted by Crippen LogP contribution is -2.06. The van der Waals surface area contributed by atoms with Crippen molar-refractivity contribution in [2.24, 2.45) is 0 Å². The third-order valence-electron chi connectivity index (χ3n) is 2.62. The molecule has 0 amide bonds. The number of hydrogen-bond acceptors (Lipinski definition) is 3. The summed E-state index contributed by atoms with van der Waals surface area (Å²) in [4.78, 5) is 0. The molecule has 2 aromatic rings. The maximum Gasteiger partial charge on any atom is 0.154 e. The molecular weight excluding hydrogens is 341 g/mol. The van der Waals surface area contributed by atoms with Crippen molar-refractivity contribution in [3.05, 3.63) is 31.9 Å². The summed E-state index contributed by atoms with van der Waals surface area (Å²) in [6.45, 7) is 1.02. The van der Waals surface area contributed by atoms with Gasteiger partial charge in [-0.15, -0.1) is 0 Å². The van der Waals surface area contributed by atoms with Crippen LogP contribution >= 0.6 is 39.1 Å². The fraction of sp³-hybridized carbons (Fsp3) is 0.333. The maximum atomic E-state index is 6.31. The van der Waals surface area contributed by atoms with E-state index in [9.17, 15) is 0 Å². The van der Waals surface area contributed by atoms with E-state index in [4.69, 9.17) is 32.4 Å². The summed E-state index contributed by atoms with van der Waals surface area (Å²) in [6.07, 6.45) is 0. The molecule has 0 bridgehead atoms. The summed E-state index contributed by atoms with van der Waals surface area (Å²) < 4.78 is 11.7. The molecule has 0 aliphatic rings. The monoisotopic (exact) mass is 351 g/mol. The Balaban J connectivity index is 2.76. The normalized spacial score (nSPS) is 11.4. The van der Waals surface area contributed by atoms with Crippen molar-refractivity contribution in [2.75, 3.05) is 14.2 Å². The molecule has 3 nitrogen and oxygen atoms in total. The van der Waals surface area contributed by atoms with E-state index in [-0.39, 0.29) is 0 Å². The van der Waals surface area contributed by atoms with Crippen LogP contribution in [0.1, 0.15) is 11.3 Å². The molecule has 0 saturated carbocycles. The van der Waals surface area contributed by atoms with E-state index in [2.05, 4.69) is 21.2 Å². The van der Waals surface area contributed by atoms with E-state index < -0.39 is 0 Å². The molecule has 0 fully saturated rings. The Morgan fingerprint density at radius 1 is 1.44 bits per heavy atom. The summed E-state index contributed by atoms with van der Waals surface area (Å²) >= 11 is 15.9. The first-order valence-corrected chi connectivity index (χ1v) is 6.86. The first kappa shape index (κ1) is 14.2. The SMILES string of the molecule is CNCc1oc2c(Cl)cc(Br)c(Cl)c2c1COC. The van der Waals surface area contributed by atoms with Crippen LogP contribution in [0.5, 0.6) is 0 Å². The molecule has 0 spiro atoms. The number of methoxy groups -OCH3 is 1. The standard InChI is InChI=1S/C12H12BrCl2NO2/c1-16-4-9-6(5-17-2)10-11(15)7(13)3-8(14)12(10)18-9/h3,16H,4-5H2,1-2H3. The fourth-order valence-corrected chi connectivity index (χ4v) is 2.93. The molecule has 1 aromatic carbocycles. The van der Waals surface area contributed by atoms with Crippen molar-refractivity contribution < 1.29 is 9.15 Å². The van der Waals surface area contributed by atoms with Gasteiger partial charge in [-0.3, -0.25) is 0 Å². The second-order valence-corrected chi connectivity index (χ2v) is 5.46. The van der Waals surface area contributed by atoms with E-state index in [1.165, 1.54) is 0 Å². The van der Waals surface area contributed by atoms with Crippen LogP contribution in [0.2, 0.25) is 10.0 Å². The second kappa shape index (κ2) is 5.80. The van der Waals surface area contributed by atoms with Gasteiger partial charge >= 0.3 is 0 Å². The minimum atomic E-state index is 0.427. The van der Waals surface area contributed by atoms with Gasteiger partial charge in [0, 0.05) is 22.5 Å². The van der Waals surface area contributed by atoms with Gasteiger partial charge in [-0.2, -0.15) is 0 Å². The van der Waals surface area contributed by atoms with Crippen LogP contribution in [0, 0.1) is 0 Å². The Hall–Kier alpha value is -0.260. The van der Waals surface area contributed by atoms with E-state index >= 15 is 0 Å². The lowest BCUT2D eigenvalue weighted by Gasteiger charge is -2.03. The summed E-state index contributed by atoms with van der Waals surface area (Å²) in [6, 6.07) is 1.73. The molecule has 0 radical (unpaired) electrons. The van der Waals surface area contributed by atoms with E-state index in [1.54, 1.807) is 13.2 Å². The third kappa shape index (κ3) is 2.40. The second-order valence-electron chi connectivity index (χ2n) is 3.83. The molecule has 98 valence electrons. The first-order chi connectivity index (χ1) is 8.60. The van der Waals surface area contributed by atoms with Gasteiger partial charge in [-0.05, 0) is 29.0 Å². The number of furan rings is 1. The number of hydrogen-bond donors (Lipinski definition) is 1. The number of rotatable bonds is 4. The van der Waals surface area contributed by atoms with Crippen LogP contribution in [-0.4, -0.2) is 14.2 Å². The van der Waals surface area contributed by atoms with Gasteiger partial charge < -0.3 is 14.5 Å². The summed E-state index contributed by atoms with van der Waals surface area (Å²) in [5.74, 6) is 0.788. The molecule has 0 unspecified atom stereocenters. The van der Waals surface area contributed by atoms with E-state index in [0.29, 0.717) is 28.8 Å². The maximum absolute atomic E-state index is 6.31. The highest BCUT2D eigenvalue weighted by Gasteiger charge is 2.20. The molecular formula is C12H12BrCl2NO2. The molecule has 6 heteroatoms. The average molecular weight is 353 g/mol. The molecule has 2 rings (SSSR count). The quantitative estimate of drug-likeness (QED) is 0.830. The molecule has 1 heterocycles. The van der Waals surface area contributed by atoms with Crippen molar-refractivity contribution >= 4 is 50.1 Å². The van der Waals surface area contributed by atoms with Crippen molar-refractivity contribution in [1.29, 1.82) is 0 Å². The molecule has 18 heavy (non-hydrogen) atoms. The Kier molecular flexibility index (Phi) is 4.56. The smallest absolute Gasteiger partial charge is 0.154 e. The van der Waals surface area contributed by atoms with Gasteiger partial charge in [0.2, 0.25) is 0 Å². The highest BCUT2D eigenvalue weighted by Crippen LogP contribution is 2.41. The summed E-state index contributed by atoms with van der Waals surface area (Å²) in [7, 11) is 3.48. The van der Waals surface area contributed by atoms with Gasteiger partial charge in [0.05, 0.1) is 23.2 Å². The van der Waals surface area contributed by atoms with Gasteiger partial charge in [-0.1, -0.05) is 23.2 Å². The zero-order valence-corrected chi connectivity index (χ0v) is 13.0. The van der Waals surface area contributed by atoms with Gasteiger partial charge in [0.1, 0.15) is 5.76 Å². The topological polar surface area (TPSA) is 34.4 Å². The minimum absolute atomic E-state index is 0.427. The predicted octanol–water partition coefficient (Wildman–Crippen LogP) is 4.37. The van der Waals surface area contributed by atoms with Crippen molar-refractivity contribution in [3.8, 4) is 0 Å². The first-order valence-electron chi connectivity index (χ1n) is 5.31. The number of benzene rings is 1. The van der Waals surface area contributed by atoms with Crippen LogP contribution in [0.25, 0.3) is 11.0 Å². The lowest BCUT2D eigenvalue weighted by molar-refractivity contribution is 0.183. The van der Waals surface area contributed by atoms with Crippen LogP contribution in [0.3, 0.4) is 0 Å². The van der Waals surface area contributed by atoms with Crippen LogP contribution in [0.4, 0.5) is 0 Å². The Labute approximate surface area is 124 Å². The van der Waals surface area contributed by atoms with Crippen molar-refractivity contribution in [1.82, 2.24) is 5.32 Å². The average Bonchev–Trinajstić information content (AvgIpc) is 2.67. The summed E-state index contributed by atoms with van der Waals surface area (Å²) in [5.41, 5.74) is 1.53. The molecule has 0 aliphatic carbocycles. The molecule has 0 saturated heterocycles. The highest BCUT2D eigenvalue weighted by atomic mass is 79.9. The number of ether oxygens (including phenoxy) is 1.